The number of hydrogen-bond donors (Lipinski definition) is 2. The van der Waals surface area contributed by atoms with Crippen LogP contribution in [0.25, 0.3) is 0 Å². The number of likely N-dealkylation sites (tertiary alicyclic amines) is 1. The van der Waals surface area contributed by atoms with Crippen molar-refractivity contribution in [3.63, 3.8) is 0 Å². The zero-order valence-corrected chi connectivity index (χ0v) is 24.4. The molecule has 1 aliphatic heterocycles. The predicted molar refractivity (Wildman–Crippen MR) is 160 cm³/mol. The second-order valence-electron chi connectivity index (χ2n) is 10.4. The lowest BCUT2D eigenvalue weighted by Crippen LogP contribution is -2.34. The Morgan fingerprint density at radius 2 is 1.98 bits per heavy atom. The van der Waals surface area contributed by atoms with E-state index in [9.17, 15) is 19.1 Å². The summed E-state index contributed by atoms with van der Waals surface area (Å²) in [5.74, 6) is 0.320. The van der Waals surface area contributed by atoms with Gasteiger partial charge in [-0.2, -0.15) is 4.98 Å². The Morgan fingerprint density at radius 3 is 2.69 bits per heavy atom. The van der Waals surface area contributed by atoms with Crippen molar-refractivity contribution < 1.29 is 23.8 Å². The number of nitrogens with zero attached hydrogens (tertiary/aromatic N) is 5. The summed E-state index contributed by atoms with van der Waals surface area (Å²) in [6, 6.07) is 13.0. The van der Waals surface area contributed by atoms with Crippen LogP contribution in [0.1, 0.15) is 38.7 Å². The van der Waals surface area contributed by atoms with E-state index in [1.54, 1.807) is 35.2 Å². The Kier molecular flexibility index (Phi) is 10.7. The molecule has 0 aliphatic carbocycles. The molecule has 0 saturated carbocycles. The van der Waals surface area contributed by atoms with Crippen LogP contribution in [-0.2, 0) is 11.2 Å². The number of rotatable bonds is 12. The van der Waals surface area contributed by atoms with Gasteiger partial charge in [0.25, 0.3) is 0 Å². The summed E-state index contributed by atoms with van der Waals surface area (Å²) in [5.41, 5.74) is 1.62. The highest BCUT2D eigenvalue weighted by atomic mass is 19.1. The molecular formula is C31H39FN6O4. The first kappa shape index (κ1) is 30.7. The molecule has 10 nitrogen and oxygen atoms in total. The Bertz CT molecular complexity index is 1370. The molecule has 1 atom stereocenters. The van der Waals surface area contributed by atoms with Gasteiger partial charge in [0.2, 0.25) is 11.9 Å². The number of hydrogen-bond acceptors (Lipinski definition) is 7. The van der Waals surface area contributed by atoms with Gasteiger partial charge in [-0.15, -0.1) is 0 Å². The average molecular weight is 579 g/mol. The first-order valence-corrected chi connectivity index (χ1v) is 14.4. The van der Waals surface area contributed by atoms with E-state index in [4.69, 9.17) is 4.74 Å². The van der Waals surface area contributed by atoms with Crippen LogP contribution in [0.15, 0.2) is 54.7 Å². The number of aryl methyl sites for hydroxylation is 1. The largest absolute Gasteiger partial charge is 0.490 e. The van der Waals surface area contributed by atoms with E-state index in [0.717, 1.165) is 36.4 Å². The fourth-order valence-electron chi connectivity index (χ4n) is 5.15. The van der Waals surface area contributed by atoms with Crippen LogP contribution in [0.3, 0.4) is 0 Å². The quantitative estimate of drug-likeness (QED) is 0.282. The number of carbonyl (C=O) groups is 2. The van der Waals surface area contributed by atoms with Crippen molar-refractivity contribution >= 4 is 35.1 Å². The number of ether oxygens (including phenoxy) is 1. The van der Waals surface area contributed by atoms with Crippen molar-refractivity contribution in [2.45, 2.75) is 39.5 Å². The number of aromatic nitrogens is 2. The molecule has 4 rings (SSSR count). The standard InChI is InChI=1S/C31H39FN6O4/c1-4-37(5-2)29(39)14-11-22-8-6-10-25(18-22)38(31(40)41)28-15-16-33-30(35-28)34-24-12-13-27(26(32)19-24)42-21-23-9-7-17-36(3)20-23/h6,8,10,12-13,15-16,18-19,23H,4-5,7,9,11,14,17,20-21H2,1-3H3,(H,40,41)(H,33,34,35). The average Bonchev–Trinajstić information content (AvgIpc) is 2.97. The number of benzene rings is 2. The highest BCUT2D eigenvalue weighted by Crippen LogP contribution is 2.28. The molecule has 2 amide bonds. The molecule has 1 fully saturated rings. The third kappa shape index (κ3) is 8.16. The van der Waals surface area contributed by atoms with Gasteiger partial charge < -0.3 is 25.0 Å². The van der Waals surface area contributed by atoms with Crippen molar-refractivity contribution in [2.24, 2.45) is 5.92 Å². The molecule has 1 aromatic heterocycles. The molecule has 1 aliphatic rings. The minimum Gasteiger partial charge on any atom is -0.490 e. The minimum absolute atomic E-state index is 0.0556. The van der Waals surface area contributed by atoms with Crippen LogP contribution in [0.2, 0.25) is 0 Å². The maximum atomic E-state index is 14.8. The number of carboxylic acid groups (broad SMARTS) is 1. The number of carbonyl (C=O) groups excluding carboxylic acids is 1. The van der Waals surface area contributed by atoms with Crippen LogP contribution in [-0.4, -0.2) is 76.7 Å². The van der Waals surface area contributed by atoms with Gasteiger partial charge >= 0.3 is 6.09 Å². The van der Waals surface area contributed by atoms with Gasteiger partial charge in [0.05, 0.1) is 12.3 Å². The first-order chi connectivity index (χ1) is 20.3. The van der Waals surface area contributed by atoms with E-state index < -0.39 is 11.9 Å². The normalized spacial score (nSPS) is 15.2. The van der Waals surface area contributed by atoms with E-state index in [1.165, 1.54) is 18.3 Å². The molecular weight excluding hydrogens is 539 g/mol. The van der Waals surface area contributed by atoms with Gasteiger partial charge in [0.1, 0.15) is 5.82 Å². The number of halogens is 1. The SMILES string of the molecule is CCN(CC)C(=O)CCc1cccc(N(C(=O)O)c2ccnc(Nc3ccc(OCC4CCCN(C)C4)c(F)c3)n2)c1. The molecule has 2 aromatic carbocycles. The maximum absolute atomic E-state index is 14.8. The first-order valence-electron chi connectivity index (χ1n) is 14.4. The third-order valence-electron chi connectivity index (χ3n) is 7.36. The Hall–Kier alpha value is -4.25. The van der Waals surface area contributed by atoms with Crippen molar-refractivity contribution in [3.05, 3.63) is 66.1 Å². The van der Waals surface area contributed by atoms with Crippen molar-refractivity contribution in [3.8, 4) is 5.75 Å². The summed E-state index contributed by atoms with van der Waals surface area (Å²) in [6.07, 6.45) is 3.19. The molecule has 42 heavy (non-hydrogen) atoms. The summed E-state index contributed by atoms with van der Waals surface area (Å²) < 4.78 is 20.6. The molecule has 1 unspecified atom stereocenters. The van der Waals surface area contributed by atoms with Crippen LogP contribution >= 0.6 is 0 Å². The highest BCUT2D eigenvalue weighted by molar-refractivity contribution is 5.93. The topological polar surface area (TPSA) is 111 Å². The fourth-order valence-corrected chi connectivity index (χ4v) is 5.15. The molecule has 11 heteroatoms. The van der Waals surface area contributed by atoms with Crippen molar-refractivity contribution in [2.75, 3.05) is 50.1 Å². The number of nitrogens with one attached hydrogen (secondary N) is 1. The van der Waals surface area contributed by atoms with Gasteiger partial charge in [0.15, 0.2) is 11.6 Å². The van der Waals surface area contributed by atoms with Gasteiger partial charge in [-0.05, 0) is 76.5 Å². The zero-order chi connectivity index (χ0) is 30.1. The lowest BCUT2D eigenvalue weighted by molar-refractivity contribution is -0.130. The monoisotopic (exact) mass is 578 g/mol. The van der Waals surface area contributed by atoms with E-state index in [-0.39, 0.29) is 23.4 Å². The number of anilines is 4. The fraction of sp³-hybridized carbons (Fsp3) is 0.419. The molecule has 0 bridgehead atoms. The molecule has 1 saturated heterocycles. The highest BCUT2D eigenvalue weighted by Gasteiger charge is 2.21. The summed E-state index contributed by atoms with van der Waals surface area (Å²) >= 11 is 0. The lowest BCUT2D eigenvalue weighted by atomic mass is 10.00. The van der Waals surface area contributed by atoms with Crippen molar-refractivity contribution in [1.82, 2.24) is 19.8 Å². The lowest BCUT2D eigenvalue weighted by Gasteiger charge is -2.29. The molecule has 2 N–H and O–H groups in total. The zero-order valence-electron chi connectivity index (χ0n) is 24.4. The van der Waals surface area contributed by atoms with Crippen LogP contribution in [0, 0.1) is 11.7 Å². The summed E-state index contributed by atoms with van der Waals surface area (Å²) in [5, 5.41) is 13.0. The Labute approximate surface area is 246 Å². The Balaban J connectivity index is 1.44. The second-order valence-corrected chi connectivity index (χ2v) is 10.4. The van der Waals surface area contributed by atoms with Gasteiger partial charge in [-0.1, -0.05) is 12.1 Å². The van der Waals surface area contributed by atoms with Crippen LogP contribution in [0.4, 0.5) is 32.3 Å². The smallest absolute Gasteiger partial charge is 0.417 e. The van der Waals surface area contributed by atoms with Gasteiger partial charge in [-0.25, -0.2) is 19.1 Å². The molecule has 0 spiro atoms. The Morgan fingerprint density at radius 1 is 1.17 bits per heavy atom. The van der Waals surface area contributed by atoms with E-state index in [1.807, 2.05) is 19.9 Å². The van der Waals surface area contributed by atoms with E-state index in [0.29, 0.717) is 49.8 Å². The maximum Gasteiger partial charge on any atom is 0.417 e. The van der Waals surface area contributed by atoms with Gasteiger partial charge in [0, 0.05) is 56.0 Å². The summed E-state index contributed by atoms with van der Waals surface area (Å²) in [6.45, 7) is 7.64. The summed E-state index contributed by atoms with van der Waals surface area (Å²) in [7, 11) is 2.08. The van der Waals surface area contributed by atoms with Gasteiger partial charge in [-0.3, -0.25) is 4.79 Å². The third-order valence-corrected chi connectivity index (χ3v) is 7.36. The molecule has 224 valence electrons. The second kappa shape index (κ2) is 14.6. The van der Waals surface area contributed by atoms with E-state index >= 15 is 0 Å². The summed E-state index contributed by atoms with van der Waals surface area (Å²) in [4.78, 5) is 38.4. The molecule has 2 heterocycles. The molecule has 0 radical (unpaired) electrons. The number of piperidine rings is 1. The predicted octanol–water partition coefficient (Wildman–Crippen LogP) is 5.70. The molecule has 3 aromatic rings. The number of amides is 2. The van der Waals surface area contributed by atoms with Crippen LogP contribution in [0.5, 0.6) is 5.75 Å². The van der Waals surface area contributed by atoms with Crippen LogP contribution < -0.4 is 15.0 Å². The minimum atomic E-state index is -1.23. The van der Waals surface area contributed by atoms with Crippen molar-refractivity contribution in [1.29, 1.82) is 0 Å². The van der Waals surface area contributed by atoms with E-state index in [2.05, 4.69) is 27.2 Å².